The van der Waals surface area contributed by atoms with Crippen molar-refractivity contribution < 1.29 is 23.4 Å². The Morgan fingerprint density at radius 2 is 2.06 bits per heavy atom. The van der Waals surface area contributed by atoms with E-state index in [-0.39, 0.29) is 17.2 Å². The van der Waals surface area contributed by atoms with E-state index in [1.165, 1.54) is 7.11 Å². The molecule has 5 heteroatoms. The average Bonchev–Trinajstić information content (AvgIpc) is 2.28. The number of hydrogen-bond donors (Lipinski definition) is 1. The molecular formula is C13H16F2O3. The molecule has 0 aliphatic carbocycles. The van der Waals surface area contributed by atoms with Gasteiger partial charge in [0.25, 0.3) is 0 Å². The van der Waals surface area contributed by atoms with Gasteiger partial charge in [0, 0.05) is 5.56 Å². The predicted octanol–water partition coefficient (Wildman–Crippen LogP) is 3.08. The summed E-state index contributed by atoms with van der Waals surface area (Å²) in [6.45, 7) is 3.86. The van der Waals surface area contributed by atoms with Crippen molar-refractivity contribution in [1.82, 2.24) is 0 Å². The lowest BCUT2D eigenvalue weighted by molar-refractivity contribution is -0.164. The molecular weight excluding hydrogens is 242 g/mol. The van der Waals surface area contributed by atoms with Crippen LogP contribution in [0.1, 0.15) is 30.9 Å². The van der Waals surface area contributed by atoms with E-state index in [0.717, 1.165) is 5.56 Å². The Hall–Kier alpha value is -1.65. The minimum Gasteiger partial charge on any atom is -0.496 e. The molecule has 18 heavy (non-hydrogen) atoms. The molecule has 1 aromatic rings. The summed E-state index contributed by atoms with van der Waals surface area (Å²) in [5.41, 5.74) is 1.07. The van der Waals surface area contributed by atoms with Crippen LogP contribution in [0.3, 0.4) is 0 Å². The third-order valence-corrected chi connectivity index (χ3v) is 2.70. The number of ether oxygens (including phenoxy) is 1. The van der Waals surface area contributed by atoms with E-state index in [2.05, 4.69) is 0 Å². The zero-order valence-corrected chi connectivity index (χ0v) is 10.5. The lowest BCUT2D eigenvalue weighted by Crippen LogP contribution is -2.30. The second-order valence-corrected chi connectivity index (χ2v) is 4.41. The maximum absolute atomic E-state index is 13.2. The molecule has 0 saturated carbocycles. The first-order valence-corrected chi connectivity index (χ1v) is 5.56. The van der Waals surface area contributed by atoms with Gasteiger partial charge in [0.05, 0.1) is 13.5 Å². The number of carbonyl (C=O) groups is 1. The molecule has 1 rings (SSSR count). The first-order chi connectivity index (χ1) is 8.27. The highest BCUT2D eigenvalue weighted by Gasteiger charge is 2.39. The van der Waals surface area contributed by atoms with Crippen molar-refractivity contribution in [3.63, 3.8) is 0 Å². The molecule has 3 nitrogen and oxygen atoms in total. The number of hydrogen-bond acceptors (Lipinski definition) is 2. The highest BCUT2D eigenvalue weighted by atomic mass is 19.3. The van der Waals surface area contributed by atoms with Crippen molar-refractivity contribution in [1.29, 1.82) is 0 Å². The molecule has 0 aromatic heterocycles. The summed E-state index contributed by atoms with van der Waals surface area (Å²) in [7, 11) is 1.37. The van der Waals surface area contributed by atoms with Crippen molar-refractivity contribution >= 4 is 5.97 Å². The molecule has 0 aliphatic heterocycles. The normalized spacial score (nSPS) is 11.7. The molecule has 0 heterocycles. The third kappa shape index (κ3) is 3.18. The van der Waals surface area contributed by atoms with Gasteiger partial charge in [0.2, 0.25) is 0 Å². The van der Waals surface area contributed by atoms with Gasteiger partial charge in [-0.05, 0) is 17.5 Å². The molecule has 0 bridgehead atoms. The Morgan fingerprint density at radius 1 is 1.44 bits per heavy atom. The van der Waals surface area contributed by atoms with E-state index < -0.39 is 18.3 Å². The quantitative estimate of drug-likeness (QED) is 0.882. The monoisotopic (exact) mass is 258 g/mol. The Labute approximate surface area is 104 Å². The van der Waals surface area contributed by atoms with Crippen molar-refractivity contribution in [3.05, 3.63) is 29.3 Å². The number of rotatable bonds is 5. The molecule has 100 valence electrons. The van der Waals surface area contributed by atoms with Crippen molar-refractivity contribution in [3.8, 4) is 5.75 Å². The third-order valence-electron chi connectivity index (χ3n) is 2.70. The van der Waals surface area contributed by atoms with E-state index in [4.69, 9.17) is 9.84 Å². The second kappa shape index (κ2) is 5.33. The van der Waals surface area contributed by atoms with Crippen LogP contribution < -0.4 is 4.74 Å². The molecule has 0 aliphatic rings. The van der Waals surface area contributed by atoms with Crippen LogP contribution in [0.2, 0.25) is 0 Å². The maximum atomic E-state index is 13.2. The summed E-state index contributed by atoms with van der Waals surface area (Å²) in [5.74, 6) is -5.46. The summed E-state index contributed by atoms with van der Waals surface area (Å²) in [4.78, 5) is 10.5. The number of carboxylic acids is 1. The van der Waals surface area contributed by atoms with Crippen LogP contribution in [0.25, 0.3) is 0 Å². The minimum absolute atomic E-state index is 0.174. The SMILES string of the molecule is COc1ccc(C(C)C)cc1CC(F)(F)C(=O)O. The highest BCUT2D eigenvalue weighted by molar-refractivity contribution is 5.75. The number of alkyl halides is 2. The Morgan fingerprint density at radius 3 is 2.50 bits per heavy atom. The van der Waals surface area contributed by atoms with Gasteiger partial charge in [-0.15, -0.1) is 0 Å². The van der Waals surface area contributed by atoms with Crippen LogP contribution in [0.4, 0.5) is 8.78 Å². The molecule has 1 aromatic carbocycles. The summed E-state index contributed by atoms with van der Waals surface area (Å²) in [6, 6.07) is 4.94. The molecule has 0 saturated heterocycles. The van der Waals surface area contributed by atoms with E-state index in [0.29, 0.717) is 0 Å². The summed E-state index contributed by atoms with van der Waals surface area (Å²) < 4.78 is 31.4. The van der Waals surface area contributed by atoms with Gasteiger partial charge in [-0.3, -0.25) is 0 Å². The number of methoxy groups -OCH3 is 1. The fourth-order valence-corrected chi connectivity index (χ4v) is 1.61. The molecule has 0 radical (unpaired) electrons. The first kappa shape index (κ1) is 14.4. The minimum atomic E-state index is -3.79. The second-order valence-electron chi connectivity index (χ2n) is 4.41. The standard InChI is InChI=1S/C13H16F2O3/c1-8(2)9-4-5-11(18-3)10(6-9)7-13(14,15)12(16)17/h4-6,8H,7H2,1-3H3,(H,16,17). The Balaban J connectivity index is 3.13. The van der Waals surface area contributed by atoms with Crippen molar-refractivity contribution in [2.24, 2.45) is 0 Å². The molecule has 0 spiro atoms. The summed E-state index contributed by atoms with van der Waals surface area (Å²) in [5, 5.41) is 8.45. The van der Waals surface area contributed by atoms with Gasteiger partial charge in [-0.25, -0.2) is 4.79 Å². The van der Waals surface area contributed by atoms with Gasteiger partial charge in [0.15, 0.2) is 0 Å². The van der Waals surface area contributed by atoms with Crippen molar-refractivity contribution in [2.75, 3.05) is 7.11 Å². The van der Waals surface area contributed by atoms with Gasteiger partial charge >= 0.3 is 11.9 Å². The van der Waals surface area contributed by atoms with Crippen LogP contribution in [0.5, 0.6) is 5.75 Å². The largest absolute Gasteiger partial charge is 0.496 e. The van der Waals surface area contributed by atoms with E-state index >= 15 is 0 Å². The van der Waals surface area contributed by atoms with Gasteiger partial charge < -0.3 is 9.84 Å². The maximum Gasteiger partial charge on any atom is 0.374 e. The van der Waals surface area contributed by atoms with Crippen LogP contribution >= 0.6 is 0 Å². The predicted molar refractivity (Wildman–Crippen MR) is 63.4 cm³/mol. The lowest BCUT2D eigenvalue weighted by atomic mass is 9.97. The van der Waals surface area contributed by atoms with Crippen LogP contribution in [-0.2, 0) is 11.2 Å². The zero-order chi connectivity index (χ0) is 13.9. The van der Waals surface area contributed by atoms with E-state index in [1.807, 2.05) is 13.8 Å². The zero-order valence-electron chi connectivity index (χ0n) is 10.5. The summed E-state index contributed by atoms with van der Waals surface area (Å²) >= 11 is 0. The highest BCUT2D eigenvalue weighted by Crippen LogP contribution is 2.29. The number of benzene rings is 1. The van der Waals surface area contributed by atoms with Gasteiger partial charge in [0.1, 0.15) is 5.75 Å². The molecule has 0 unspecified atom stereocenters. The van der Waals surface area contributed by atoms with Crippen molar-refractivity contribution in [2.45, 2.75) is 32.1 Å². The number of aliphatic carboxylic acids is 1. The van der Waals surface area contributed by atoms with E-state index in [1.54, 1.807) is 18.2 Å². The molecule has 0 fully saturated rings. The molecule has 0 atom stereocenters. The fourth-order valence-electron chi connectivity index (χ4n) is 1.61. The molecule has 0 amide bonds. The smallest absolute Gasteiger partial charge is 0.374 e. The van der Waals surface area contributed by atoms with Gasteiger partial charge in [-0.1, -0.05) is 26.0 Å². The topological polar surface area (TPSA) is 46.5 Å². The van der Waals surface area contributed by atoms with Crippen LogP contribution in [0, 0.1) is 0 Å². The Bertz CT molecular complexity index is 442. The summed E-state index contributed by atoms with van der Waals surface area (Å²) in [6.07, 6.45) is -0.869. The fraction of sp³-hybridized carbons (Fsp3) is 0.462. The Kier molecular flexibility index (Phi) is 4.27. The lowest BCUT2D eigenvalue weighted by Gasteiger charge is -2.16. The number of halogens is 2. The average molecular weight is 258 g/mol. The molecule has 1 N–H and O–H groups in total. The number of carboxylic acid groups (broad SMARTS) is 1. The van der Waals surface area contributed by atoms with Crippen LogP contribution in [-0.4, -0.2) is 24.1 Å². The van der Waals surface area contributed by atoms with Gasteiger partial charge in [-0.2, -0.15) is 8.78 Å². The van der Waals surface area contributed by atoms with Crippen LogP contribution in [0.15, 0.2) is 18.2 Å². The first-order valence-electron chi connectivity index (χ1n) is 5.56. The van der Waals surface area contributed by atoms with E-state index in [9.17, 15) is 13.6 Å².